The largest absolute Gasteiger partial charge is 0.504 e. The van der Waals surface area contributed by atoms with Crippen LogP contribution in [-0.2, 0) is 14.3 Å². The molecule has 0 bridgehead atoms. The monoisotopic (exact) mass is 358 g/mol. The van der Waals surface area contributed by atoms with Crippen LogP contribution in [0.25, 0.3) is 0 Å². The maximum atomic E-state index is 12.7. The van der Waals surface area contributed by atoms with Crippen LogP contribution in [0.4, 0.5) is 0 Å². The van der Waals surface area contributed by atoms with Crippen LogP contribution < -0.4 is 0 Å². The molecule has 1 saturated carbocycles. The molecule has 3 unspecified atom stereocenters. The minimum atomic E-state index is -0.542. The van der Waals surface area contributed by atoms with Crippen molar-refractivity contribution in [2.75, 3.05) is 7.11 Å². The highest BCUT2D eigenvalue weighted by atomic mass is 16.5. The fourth-order valence-corrected chi connectivity index (χ4v) is 5.73. The molecule has 0 radical (unpaired) electrons. The van der Waals surface area contributed by atoms with Gasteiger partial charge in [0.1, 0.15) is 0 Å². The Hall–Kier alpha value is -1.84. The van der Waals surface area contributed by atoms with E-state index in [1.54, 1.807) is 0 Å². The van der Waals surface area contributed by atoms with Crippen LogP contribution in [-0.4, -0.2) is 23.8 Å². The second-order valence-electron chi connectivity index (χ2n) is 9.07. The first-order valence-corrected chi connectivity index (χ1v) is 9.55. The standard InChI is InChI=1S/C22H30O4/c1-13-7-8-18-21(2,3)9-6-10-22(18,4)15(13)11-14-19(24)16(23)12-17(26-5)20(14)25/h7,12,15,18,24H,6,8-11H2,1-5H3. The Morgan fingerprint density at radius 1 is 1.23 bits per heavy atom. The van der Waals surface area contributed by atoms with Crippen LogP contribution in [0, 0.1) is 22.7 Å². The molecule has 4 nitrogen and oxygen atoms in total. The van der Waals surface area contributed by atoms with Crippen molar-refractivity contribution in [1.29, 1.82) is 0 Å². The Morgan fingerprint density at radius 2 is 1.92 bits per heavy atom. The molecule has 0 heterocycles. The zero-order valence-electron chi connectivity index (χ0n) is 16.5. The number of hydrogen-bond donors (Lipinski definition) is 1. The van der Waals surface area contributed by atoms with Crippen molar-refractivity contribution in [2.45, 2.75) is 59.8 Å². The van der Waals surface area contributed by atoms with E-state index in [0.717, 1.165) is 18.9 Å². The summed E-state index contributed by atoms with van der Waals surface area (Å²) in [7, 11) is 1.38. The quantitative estimate of drug-likeness (QED) is 0.588. The van der Waals surface area contributed by atoms with E-state index in [1.807, 2.05) is 0 Å². The van der Waals surface area contributed by atoms with Gasteiger partial charge in [-0.25, -0.2) is 0 Å². The maximum Gasteiger partial charge on any atom is 0.227 e. The minimum absolute atomic E-state index is 0.0194. The Labute approximate surface area is 156 Å². The molecule has 3 aliphatic rings. The topological polar surface area (TPSA) is 63.6 Å². The molecule has 0 spiro atoms. The third-order valence-corrected chi connectivity index (χ3v) is 7.20. The third-order valence-electron chi connectivity index (χ3n) is 7.20. The van der Waals surface area contributed by atoms with Crippen molar-refractivity contribution < 1.29 is 19.4 Å². The average molecular weight is 358 g/mol. The third kappa shape index (κ3) is 2.83. The number of Topliss-reactive ketones (excluding diaryl/α,β-unsaturated/α-hetero) is 1. The maximum absolute atomic E-state index is 12.7. The number of aliphatic hydroxyl groups is 1. The molecular weight excluding hydrogens is 328 g/mol. The Kier molecular flexibility index (Phi) is 4.66. The number of fused-ring (bicyclic) bond motifs is 1. The van der Waals surface area contributed by atoms with E-state index in [9.17, 15) is 14.7 Å². The molecule has 0 aromatic carbocycles. The molecule has 0 aliphatic heterocycles. The predicted molar refractivity (Wildman–Crippen MR) is 100 cm³/mol. The van der Waals surface area contributed by atoms with Crippen molar-refractivity contribution in [2.24, 2.45) is 22.7 Å². The Bertz CT molecular complexity index is 737. The van der Waals surface area contributed by atoms with E-state index in [-0.39, 0.29) is 33.9 Å². The summed E-state index contributed by atoms with van der Waals surface area (Å²) in [6.45, 7) is 9.14. The lowest BCUT2D eigenvalue weighted by Gasteiger charge is -2.57. The fourth-order valence-electron chi connectivity index (χ4n) is 5.73. The van der Waals surface area contributed by atoms with E-state index in [4.69, 9.17) is 4.74 Å². The van der Waals surface area contributed by atoms with Gasteiger partial charge in [-0.05, 0) is 55.3 Å². The van der Waals surface area contributed by atoms with E-state index < -0.39 is 11.5 Å². The predicted octanol–water partition coefficient (Wildman–Crippen LogP) is 4.67. The molecule has 0 aromatic heterocycles. The zero-order valence-corrected chi connectivity index (χ0v) is 16.5. The molecule has 1 fully saturated rings. The number of hydrogen-bond acceptors (Lipinski definition) is 4. The van der Waals surface area contributed by atoms with Gasteiger partial charge < -0.3 is 9.84 Å². The van der Waals surface area contributed by atoms with E-state index >= 15 is 0 Å². The Balaban J connectivity index is 1.99. The van der Waals surface area contributed by atoms with Gasteiger partial charge in [-0.2, -0.15) is 0 Å². The first-order chi connectivity index (χ1) is 12.1. The summed E-state index contributed by atoms with van der Waals surface area (Å²) >= 11 is 0. The van der Waals surface area contributed by atoms with Crippen LogP contribution >= 0.6 is 0 Å². The number of methoxy groups -OCH3 is 1. The van der Waals surface area contributed by atoms with E-state index in [1.165, 1.54) is 25.5 Å². The van der Waals surface area contributed by atoms with Crippen LogP contribution in [0.1, 0.15) is 59.8 Å². The molecule has 0 aromatic rings. The smallest absolute Gasteiger partial charge is 0.227 e. The second kappa shape index (κ2) is 6.40. The Morgan fingerprint density at radius 3 is 2.58 bits per heavy atom. The number of carbonyl (C=O) groups excluding carboxylic acids is 2. The average Bonchev–Trinajstić information content (AvgIpc) is 2.56. The first kappa shape index (κ1) is 18.9. The van der Waals surface area contributed by atoms with Crippen molar-refractivity contribution in [3.05, 3.63) is 34.8 Å². The SMILES string of the molecule is COC1=CC(=O)C(O)=C(CC2C(C)=CCC3C(C)(C)CCCC23C)C1=O. The number of rotatable bonds is 3. The minimum Gasteiger partial charge on any atom is -0.504 e. The summed E-state index contributed by atoms with van der Waals surface area (Å²) in [4.78, 5) is 24.8. The van der Waals surface area contributed by atoms with Crippen LogP contribution in [0.15, 0.2) is 34.8 Å². The lowest BCUT2D eigenvalue weighted by atomic mass is 9.48. The molecule has 1 N–H and O–H groups in total. The summed E-state index contributed by atoms with van der Waals surface area (Å²) in [5.41, 5.74) is 1.78. The molecule has 3 atom stereocenters. The lowest BCUT2D eigenvalue weighted by molar-refractivity contribution is -0.120. The lowest BCUT2D eigenvalue weighted by Crippen LogP contribution is -2.48. The first-order valence-electron chi connectivity index (χ1n) is 9.55. The zero-order chi connectivity index (χ0) is 19.3. The molecule has 142 valence electrons. The van der Waals surface area contributed by atoms with Crippen LogP contribution in [0.3, 0.4) is 0 Å². The number of ether oxygens (including phenoxy) is 1. The van der Waals surface area contributed by atoms with Gasteiger partial charge in [0.2, 0.25) is 11.6 Å². The second-order valence-corrected chi connectivity index (χ2v) is 9.07. The van der Waals surface area contributed by atoms with Crippen molar-refractivity contribution in [3.63, 3.8) is 0 Å². The summed E-state index contributed by atoms with van der Waals surface area (Å²) < 4.78 is 5.06. The molecule has 3 rings (SSSR count). The molecular formula is C22H30O4. The van der Waals surface area contributed by atoms with Gasteiger partial charge in [-0.3, -0.25) is 9.59 Å². The van der Waals surface area contributed by atoms with Crippen LogP contribution in [0.2, 0.25) is 0 Å². The number of allylic oxidation sites excluding steroid dienone is 4. The van der Waals surface area contributed by atoms with Gasteiger partial charge in [-0.1, -0.05) is 38.8 Å². The highest BCUT2D eigenvalue weighted by Crippen LogP contribution is 2.60. The van der Waals surface area contributed by atoms with Crippen molar-refractivity contribution >= 4 is 11.6 Å². The highest BCUT2D eigenvalue weighted by Gasteiger charge is 2.52. The van der Waals surface area contributed by atoms with Crippen LogP contribution in [0.5, 0.6) is 0 Å². The van der Waals surface area contributed by atoms with E-state index in [0.29, 0.717) is 12.3 Å². The molecule has 26 heavy (non-hydrogen) atoms. The molecule has 0 amide bonds. The normalized spacial score (nSPS) is 34.2. The molecule has 4 heteroatoms. The van der Waals surface area contributed by atoms with Crippen molar-refractivity contribution in [3.8, 4) is 0 Å². The summed E-state index contributed by atoms with van der Waals surface area (Å²) in [5.74, 6) is -0.619. The fraction of sp³-hybridized carbons (Fsp3) is 0.636. The van der Waals surface area contributed by atoms with E-state index in [2.05, 4.69) is 33.8 Å². The van der Waals surface area contributed by atoms with Gasteiger partial charge in [0.15, 0.2) is 11.5 Å². The molecule has 0 saturated heterocycles. The number of ketones is 2. The van der Waals surface area contributed by atoms with Gasteiger partial charge in [-0.15, -0.1) is 0 Å². The molecule has 3 aliphatic carbocycles. The number of aliphatic hydroxyl groups excluding tert-OH is 1. The van der Waals surface area contributed by atoms with Gasteiger partial charge >= 0.3 is 0 Å². The van der Waals surface area contributed by atoms with Gasteiger partial charge in [0.25, 0.3) is 0 Å². The van der Waals surface area contributed by atoms with Gasteiger partial charge in [0, 0.05) is 11.6 Å². The summed E-state index contributed by atoms with van der Waals surface area (Å²) in [5, 5.41) is 10.3. The number of carbonyl (C=O) groups is 2. The highest BCUT2D eigenvalue weighted by molar-refractivity contribution is 6.20. The van der Waals surface area contributed by atoms with Crippen molar-refractivity contribution in [1.82, 2.24) is 0 Å². The summed E-state index contributed by atoms with van der Waals surface area (Å²) in [6.07, 6.45) is 8.33. The van der Waals surface area contributed by atoms with Gasteiger partial charge in [0.05, 0.1) is 7.11 Å². The summed E-state index contributed by atoms with van der Waals surface area (Å²) in [6, 6.07) is 0.